The molecular formula is C24H17O2P. The summed E-state index contributed by atoms with van der Waals surface area (Å²) in [4.78, 5) is 0. The van der Waals surface area contributed by atoms with Crippen LogP contribution in [-0.4, -0.2) is 0 Å². The van der Waals surface area contributed by atoms with Crippen molar-refractivity contribution in [2.75, 3.05) is 0 Å². The summed E-state index contributed by atoms with van der Waals surface area (Å²) in [7, 11) is -0.990. The third kappa shape index (κ3) is 2.99. The zero-order valence-electron chi connectivity index (χ0n) is 14.6. The summed E-state index contributed by atoms with van der Waals surface area (Å²) in [6, 6.07) is 35.0. The van der Waals surface area contributed by atoms with Crippen LogP contribution in [0.15, 0.2) is 108 Å². The van der Waals surface area contributed by atoms with Gasteiger partial charge in [-0.15, -0.1) is 0 Å². The lowest BCUT2D eigenvalue weighted by Crippen LogP contribution is -2.15. The van der Waals surface area contributed by atoms with Crippen molar-refractivity contribution in [1.29, 1.82) is 0 Å². The zero-order chi connectivity index (χ0) is 18.1. The molecule has 0 aliphatic rings. The molecule has 0 radical (unpaired) electrons. The summed E-state index contributed by atoms with van der Waals surface area (Å²) in [5.74, 6) is 0.780. The predicted octanol–water partition coefficient (Wildman–Crippen LogP) is 6.01. The first-order valence-corrected chi connectivity index (χ1v) is 10.1. The summed E-state index contributed by atoms with van der Waals surface area (Å²) >= 11 is 0. The third-order valence-corrected chi connectivity index (χ3v) is 6.45. The Morgan fingerprint density at radius 3 is 1.85 bits per heavy atom. The second kappa shape index (κ2) is 6.90. The number of fused-ring (bicyclic) bond motifs is 3. The lowest BCUT2D eigenvalue weighted by molar-refractivity contribution is 0.596. The van der Waals surface area contributed by atoms with Gasteiger partial charge in [-0.05, 0) is 12.1 Å². The molecule has 0 atom stereocenters. The fraction of sp³-hybridized carbons (Fsp3) is 0. The van der Waals surface area contributed by atoms with E-state index in [2.05, 4.69) is 60.7 Å². The van der Waals surface area contributed by atoms with Crippen LogP contribution in [0.3, 0.4) is 0 Å². The standard InChI is InChI=1S/C24H17O2P/c1-3-10-18(11-4-1)27(19-12-5-2-6-13-19)26-23-17-9-15-21-20-14-7-8-16-22(20)25-24(21)23/h1-17H. The number of rotatable bonds is 4. The molecule has 1 heterocycles. The average molecular weight is 368 g/mol. The van der Waals surface area contributed by atoms with Gasteiger partial charge in [0.2, 0.25) is 0 Å². The van der Waals surface area contributed by atoms with Crippen molar-refractivity contribution in [3.63, 3.8) is 0 Å². The van der Waals surface area contributed by atoms with E-state index in [0.717, 1.165) is 27.7 Å². The van der Waals surface area contributed by atoms with Crippen LogP contribution >= 0.6 is 8.15 Å². The van der Waals surface area contributed by atoms with Crippen LogP contribution in [0.4, 0.5) is 0 Å². The minimum atomic E-state index is -0.990. The molecule has 130 valence electrons. The van der Waals surface area contributed by atoms with E-state index < -0.39 is 8.15 Å². The van der Waals surface area contributed by atoms with E-state index >= 15 is 0 Å². The molecule has 0 amide bonds. The first kappa shape index (κ1) is 16.1. The molecule has 5 aromatic rings. The Hall–Kier alpha value is -3.09. The molecule has 0 aliphatic heterocycles. The normalized spacial score (nSPS) is 11.3. The highest BCUT2D eigenvalue weighted by Gasteiger charge is 2.19. The monoisotopic (exact) mass is 368 g/mol. The number of hydrogen-bond donors (Lipinski definition) is 0. The van der Waals surface area contributed by atoms with E-state index in [0.29, 0.717) is 0 Å². The second-order valence-corrected chi connectivity index (χ2v) is 8.09. The molecule has 5 rings (SSSR count). The zero-order valence-corrected chi connectivity index (χ0v) is 15.5. The highest BCUT2D eigenvalue weighted by atomic mass is 31.1. The van der Waals surface area contributed by atoms with Crippen molar-refractivity contribution in [2.24, 2.45) is 0 Å². The molecule has 4 aromatic carbocycles. The Kier molecular flexibility index (Phi) is 4.12. The summed E-state index contributed by atoms with van der Waals surface area (Å²) in [6.07, 6.45) is 0. The van der Waals surface area contributed by atoms with Crippen LogP contribution in [0.1, 0.15) is 0 Å². The van der Waals surface area contributed by atoms with Crippen molar-refractivity contribution in [3.05, 3.63) is 103 Å². The van der Waals surface area contributed by atoms with Gasteiger partial charge >= 0.3 is 0 Å². The fourth-order valence-electron chi connectivity index (χ4n) is 3.27. The van der Waals surface area contributed by atoms with Crippen molar-refractivity contribution < 1.29 is 8.94 Å². The molecule has 0 spiro atoms. The number of hydrogen-bond acceptors (Lipinski definition) is 2. The van der Waals surface area contributed by atoms with Gasteiger partial charge in [-0.25, -0.2) is 0 Å². The number of furan rings is 1. The van der Waals surface area contributed by atoms with Crippen LogP contribution in [0.2, 0.25) is 0 Å². The molecule has 1 aromatic heterocycles. The number of benzene rings is 4. The van der Waals surface area contributed by atoms with Gasteiger partial charge in [-0.1, -0.05) is 91.0 Å². The largest absolute Gasteiger partial charge is 0.461 e. The van der Waals surface area contributed by atoms with Gasteiger partial charge < -0.3 is 8.94 Å². The molecule has 0 N–H and O–H groups in total. The van der Waals surface area contributed by atoms with Gasteiger partial charge in [-0.3, -0.25) is 0 Å². The SMILES string of the molecule is c1ccc(P(Oc2cccc3c2oc2ccccc23)c2ccccc2)cc1. The molecule has 0 unspecified atom stereocenters. The average Bonchev–Trinajstić information content (AvgIpc) is 3.13. The molecule has 0 saturated heterocycles. The van der Waals surface area contributed by atoms with E-state index in [-0.39, 0.29) is 0 Å². The van der Waals surface area contributed by atoms with Crippen molar-refractivity contribution in [1.82, 2.24) is 0 Å². The Bertz CT molecular complexity index is 1160. The Morgan fingerprint density at radius 2 is 1.15 bits per heavy atom. The van der Waals surface area contributed by atoms with E-state index in [4.69, 9.17) is 8.94 Å². The molecular weight excluding hydrogens is 351 g/mol. The Labute approximate surface area is 158 Å². The summed E-state index contributed by atoms with van der Waals surface area (Å²) in [6.45, 7) is 0. The Balaban J connectivity index is 1.65. The summed E-state index contributed by atoms with van der Waals surface area (Å²) in [5.41, 5.74) is 1.69. The van der Waals surface area contributed by atoms with Crippen molar-refractivity contribution in [2.45, 2.75) is 0 Å². The molecule has 2 nitrogen and oxygen atoms in total. The van der Waals surface area contributed by atoms with E-state index in [1.54, 1.807) is 0 Å². The fourth-order valence-corrected chi connectivity index (χ4v) is 5.01. The van der Waals surface area contributed by atoms with Crippen LogP contribution in [0.5, 0.6) is 5.75 Å². The quantitative estimate of drug-likeness (QED) is 0.362. The molecule has 27 heavy (non-hydrogen) atoms. The van der Waals surface area contributed by atoms with Gasteiger partial charge in [0.15, 0.2) is 19.5 Å². The minimum Gasteiger partial charge on any atom is -0.461 e. The van der Waals surface area contributed by atoms with Crippen LogP contribution < -0.4 is 15.1 Å². The van der Waals surface area contributed by atoms with Gasteiger partial charge in [-0.2, -0.15) is 0 Å². The first-order chi connectivity index (χ1) is 13.4. The lowest BCUT2D eigenvalue weighted by atomic mass is 10.1. The van der Waals surface area contributed by atoms with E-state index in [1.165, 1.54) is 10.6 Å². The predicted molar refractivity (Wildman–Crippen MR) is 113 cm³/mol. The van der Waals surface area contributed by atoms with Crippen molar-refractivity contribution in [3.8, 4) is 5.75 Å². The van der Waals surface area contributed by atoms with Gasteiger partial charge in [0, 0.05) is 21.4 Å². The molecule has 0 aliphatic carbocycles. The van der Waals surface area contributed by atoms with Gasteiger partial charge in [0.25, 0.3) is 0 Å². The molecule has 0 saturated carbocycles. The first-order valence-electron chi connectivity index (χ1n) is 8.88. The highest BCUT2D eigenvalue weighted by Crippen LogP contribution is 2.42. The molecule has 3 heteroatoms. The highest BCUT2D eigenvalue weighted by molar-refractivity contribution is 7.68. The van der Waals surface area contributed by atoms with Crippen molar-refractivity contribution >= 4 is 40.7 Å². The number of para-hydroxylation sites is 2. The summed E-state index contributed by atoms with van der Waals surface area (Å²) < 4.78 is 12.7. The van der Waals surface area contributed by atoms with Crippen LogP contribution in [-0.2, 0) is 0 Å². The molecule has 0 fully saturated rings. The molecule has 0 bridgehead atoms. The van der Waals surface area contributed by atoms with E-state index in [9.17, 15) is 0 Å². The van der Waals surface area contributed by atoms with Crippen LogP contribution in [0.25, 0.3) is 21.9 Å². The topological polar surface area (TPSA) is 22.4 Å². The lowest BCUT2D eigenvalue weighted by Gasteiger charge is -2.19. The minimum absolute atomic E-state index is 0.780. The van der Waals surface area contributed by atoms with Gasteiger partial charge in [0.05, 0.1) is 0 Å². The van der Waals surface area contributed by atoms with E-state index in [1.807, 2.05) is 42.5 Å². The maximum absolute atomic E-state index is 6.60. The maximum Gasteiger partial charge on any atom is 0.177 e. The van der Waals surface area contributed by atoms with Crippen LogP contribution in [0, 0.1) is 0 Å². The van der Waals surface area contributed by atoms with Gasteiger partial charge in [0.1, 0.15) is 5.58 Å². The maximum atomic E-state index is 6.60. The third-order valence-electron chi connectivity index (χ3n) is 4.54. The smallest absolute Gasteiger partial charge is 0.177 e. The summed E-state index contributed by atoms with van der Waals surface area (Å²) in [5, 5.41) is 4.54. The Morgan fingerprint density at radius 1 is 0.556 bits per heavy atom. The second-order valence-electron chi connectivity index (χ2n) is 6.29.